The summed E-state index contributed by atoms with van der Waals surface area (Å²) >= 11 is 3.48. The Labute approximate surface area is 162 Å². The molecule has 0 aromatic heterocycles. The number of rotatable bonds is 2. The van der Waals surface area contributed by atoms with Gasteiger partial charge in [0.2, 0.25) is 0 Å². The van der Waals surface area contributed by atoms with Crippen LogP contribution in [0.1, 0.15) is 42.5 Å². The third kappa shape index (κ3) is 3.76. The van der Waals surface area contributed by atoms with Gasteiger partial charge in [-0.2, -0.15) is 0 Å². The van der Waals surface area contributed by atoms with E-state index in [1.165, 1.54) is 19.3 Å². The van der Waals surface area contributed by atoms with E-state index in [4.69, 9.17) is 15.2 Å². The van der Waals surface area contributed by atoms with Gasteiger partial charge in [-0.05, 0) is 65.6 Å². The highest BCUT2D eigenvalue weighted by atomic mass is 79.9. The van der Waals surface area contributed by atoms with Crippen LogP contribution in [-0.4, -0.2) is 31.2 Å². The molecule has 0 saturated heterocycles. The highest BCUT2D eigenvalue weighted by Gasteiger charge is 2.40. The number of carbonyl (C=O) groups excluding carboxylic acids is 1. The lowest BCUT2D eigenvalue weighted by molar-refractivity contribution is 0.0755. The van der Waals surface area contributed by atoms with E-state index in [1.807, 2.05) is 6.07 Å². The Balaban J connectivity index is 0.00000182. The molecule has 3 aliphatic rings. The molecule has 1 aliphatic heterocycles. The van der Waals surface area contributed by atoms with Crippen molar-refractivity contribution in [3.63, 3.8) is 0 Å². The van der Waals surface area contributed by atoms with Gasteiger partial charge in [0.25, 0.3) is 5.91 Å². The summed E-state index contributed by atoms with van der Waals surface area (Å²) in [6.07, 6.45) is 5.63. The Hall–Kier alpha value is -0.980. The summed E-state index contributed by atoms with van der Waals surface area (Å²) in [6, 6.07) is 4.13. The Kier molecular flexibility index (Phi) is 5.81. The number of halogens is 2. The molecule has 1 amide bonds. The van der Waals surface area contributed by atoms with Crippen molar-refractivity contribution in [2.75, 3.05) is 13.2 Å². The normalized spacial score (nSPS) is 30.2. The topological polar surface area (TPSA) is 73.6 Å². The first-order valence-electron chi connectivity index (χ1n) is 8.77. The zero-order chi connectivity index (χ0) is 16.7. The number of hydrogen-bond donors (Lipinski definition) is 2. The summed E-state index contributed by atoms with van der Waals surface area (Å²) in [7, 11) is 0. The Morgan fingerprint density at radius 3 is 2.56 bits per heavy atom. The van der Waals surface area contributed by atoms with Crippen molar-refractivity contribution in [1.29, 1.82) is 0 Å². The summed E-state index contributed by atoms with van der Waals surface area (Å²) < 4.78 is 12.0. The molecule has 0 spiro atoms. The first-order chi connectivity index (χ1) is 11.6. The van der Waals surface area contributed by atoms with E-state index >= 15 is 0 Å². The monoisotopic (exact) mass is 430 g/mol. The molecule has 2 aliphatic carbocycles. The van der Waals surface area contributed by atoms with E-state index in [0.717, 1.165) is 17.3 Å². The van der Waals surface area contributed by atoms with Crippen molar-refractivity contribution in [2.45, 2.75) is 44.2 Å². The molecule has 1 aromatic carbocycles. The van der Waals surface area contributed by atoms with Gasteiger partial charge in [-0.3, -0.25) is 4.79 Å². The number of benzene rings is 1. The van der Waals surface area contributed by atoms with Crippen LogP contribution in [0.2, 0.25) is 0 Å². The molecule has 1 aromatic rings. The predicted molar refractivity (Wildman–Crippen MR) is 102 cm³/mol. The van der Waals surface area contributed by atoms with Gasteiger partial charge in [-0.25, -0.2) is 0 Å². The van der Waals surface area contributed by atoms with Crippen molar-refractivity contribution in [1.82, 2.24) is 5.32 Å². The Morgan fingerprint density at radius 2 is 1.84 bits per heavy atom. The van der Waals surface area contributed by atoms with E-state index in [1.54, 1.807) is 6.07 Å². The van der Waals surface area contributed by atoms with Crippen molar-refractivity contribution >= 4 is 34.2 Å². The van der Waals surface area contributed by atoms with Crippen molar-refractivity contribution < 1.29 is 14.3 Å². The average molecular weight is 432 g/mol. The van der Waals surface area contributed by atoms with E-state index in [-0.39, 0.29) is 30.4 Å². The van der Waals surface area contributed by atoms with Crippen LogP contribution in [0.4, 0.5) is 0 Å². The highest BCUT2D eigenvalue weighted by molar-refractivity contribution is 9.10. The number of ether oxygens (including phenoxy) is 2. The lowest BCUT2D eigenvalue weighted by atomic mass is 9.67. The van der Waals surface area contributed by atoms with Crippen LogP contribution in [0.3, 0.4) is 0 Å². The summed E-state index contributed by atoms with van der Waals surface area (Å²) in [5, 5.41) is 3.28. The third-order valence-corrected chi connectivity index (χ3v) is 6.12. The number of carbonyl (C=O) groups is 1. The van der Waals surface area contributed by atoms with Crippen LogP contribution in [0.5, 0.6) is 11.5 Å². The SMILES string of the molecule is Cl.NC1CC2CCCC(C1)C2NC(=O)c1cc(Br)c2c(c1)OCCO2. The molecular formula is C18H24BrClN2O3. The van der Waals surface area contributed by atoms with Gasteiger partial charge >= 0.3 is 0 Å². The first kappa shape index (κ1) is 18.8. The summed E-state index contributed by atoms with van der Waals surface area (Å²) in [5.74, 6) is 2.30. The molecular weight excluding hydrogens is 408 g/mol. The molecule has 7 heteroatoms. The van der Waals surface area contributed by atoms with Gasteiger partial charge in [-0.15, -0.1) is 12.4 Å². The minimum atomic E-state index is -0.0370. The predicted octanol–water partition coefficient (Wildman–Crippen LogP) is 3.28. The van der Waals surface area contributed by atoms with Crippen LogP contribution < -0.4 is 20.5 Å². The summed E-state index contributed by atoms with van der Waals surface area (Å²) in [4.78, 5) is 12.8. The van der Waals surface area contributed by atoms with Crippen LogP contribution >= 0.6 is 28.3 Å². The van der Waals surface area contributed by atoms with Crippen LogP contribution in [-0.2, 0) is 0 Å². The lowest BCUT2D eigenvalue weighted by Gasteiger charge is -2.45. The number of fused-ring (bicyclic) bond motifs is 3. The van der Waals surface area contributed by atoms with Crippen LogP contribution in [0, 0.1) is 11.8 Å². The highest BCUT2D eigenvalue weighted by Crippen LogP contribution is 2.41. The summed E-state index contributed by atoms with van der Waals surface area (Å²) in [6.45, 7) is 1.04. The average Bonchev–Trinajstić information content (AvgIpc) is 2.55. The van der Waals surface area contributed by atoms with E-state index in [2.05, 4.69) is 21.2 Å². The zero-order valence-corrected chi connectivity index (χ0v) is 16.4. The quantitative estimate of drug-likeness (QED) is 0.754. The third-order valence-electron chi connectivity index (χ3n) is 5.53. The van der Waals surface area contributed by atoms with E-state index < -0.39 is 0 Å². The molecule has 25 heavy (non-hydrogen) atoms. The van der Waals surface area contributed by atoms with Gasteiger partial charge in [0.1, 0.15) is 13.2 Å². The van der Waals surface area contributed by atoms with Gasteiger partial charge in [-0.1, -0.05) is 6.42 Å². The minimum Gasteiger partial charge on any atom is -0.486 e. The second-order valence-electron chi connectivity index (χ2n) is 7.16. The second-order valence-corrected chi connectivity index (χ2v) is 8.02. The summed E-state index contributed by atoms with van der Waals surface area (Å²) in [5.41, 5.74) is 6.79. The maximum absolute atomic E-state index is 12.8. The smallest absolute Gasteiger partial charge is 0.251 e. The number of nitrogens with two attached hydrogens (primary N) is 1. The van der Waals surface area contributed by atoms with Crippen LogP contribution in [0.15, 0.2) is 16.6 Å². The number of hydrogen-bond acceptors (Lipinski definition) is 4. The number of nitrogens with one attached hydrogen (secondary N) is 1. The minimum absolute atomic E-state index is 0. The van der Waals surface area contributed by atoms with Crippen molar-refractivity contribution in [2.24, 2.45) is 17.6 Å². The molecule has 2 fully saturated rings. The van der Waals surface area contributed by atoms with Gasteiger partial charge < -0.3 is 20.5 Å². The second kappa shape index (κ2) is 7.72. The van der Waals surface area contributed by atoms with Gasteiger partial charge in [0.15, 0.2) is 11.5 Å². The molecule has 3 N–H and O–H groups in total. The fraction of sp³-hybridized carbons (Fsp3) is 0.611. The maximum atomic E-state index is 12.8. The largest absolute Gasteiger partial charge is 0.486 e. The fourth-order valence-corrected chi connectivity index (χ4v) is 5.06. The van der Waals surface area contributed by atoms with E-state index in [0.29, 0.717) is 42.1 Å². The lowest BCUT2D eigenvalue weighted by Crippen LogP contribution is -2.53. The molecule has 0 radical (unpaired) electrons. The maximum Gasteiger partial charge on any atom is 0.251 e. The molecule has 2 saturated carbocycles. The molecule has 2 bridgehead atoms. The molecule has 5 nitrogen and oxygen atoms in total. The van der Waals surface area contributed by atoms with E-state index in [9.17, 15) is 4.79 Å². The van der Waals surface area contributed by atoms with Crippen molar-refractivity contribution in [3.05, 3.63) is 22.2 Å². The zero-order valence-electron chi connectivity index (χ0n) is 14.0. The Morgan fingerprint density at radius 1 is 1.16 bits per heavy atom. The van der Waals surface area contributed by atoms with Crippen LogP contribution in [0.25, 0.3) is 0 Å². The number of amides is 1. The molecule has 138 valence electrons. The standard InChI is InChI=1S/C18H23BrN2O3.ClH/c19-14-8-12(9-15-17(14)24-5-4-23-15)18(22)21-16-10-2-1-3-11(16)7-13(20)6-10;/h8-11,13,16H,1-7,20H2,(H,21,22);1H. The van der Waals surface area contributed by atoms with Gasteiger partial charge in [0, 0.05) is 17.6 Å². The molecule has 2 unspecified atom stereocenters. The molecule has 4 rings (SSSR count). The Bertz CT molecular complexity index is 643. The van der Waals surface area contributed by atoms with Gasteiger partial charge in [0.05, 0.1) is 4.47 Å². The fourth-order valence-electron chi connectivity index (χ4n) is 4.50. The first-order valence-corrected chi connectivity index (χ1v) is 9.56. The molecule has 2 atom stereocenters. The van der Waals surface area contributed by atoms with Crippen molar-refractivity contribution in [3.8, 4) is 11.5 Å². The molecule has 1 heterocycles.